The van der Waals surface area contributed by atoms with Gasteiger partial charge in [0.15, 0.2) is 0 Å². The molecule has 0 spiro atoms. The minimum atomic E-state index is -0.394. The molecule has 12 heteroatoms. The van der Waals surface area contributed by atoms with Gasteiger partial charge in [0.2, 0.25) is 0 Å². The number of aliphatic imine (C=N–C) groups is 2. The highest BCUT2D eigenvalue weighted by molar-refractivity contribution is 6.00. The SMILES string of the molecule is CC(C)COC(=O)c1cc(N2C=C(c3ccc(C4=NCCN4)cc3)NN2C)cc(-n2cc(-c3ccc(C4=NCCN4)cc3)nn2)c1. The van der Waals surface area contributed by atoms with E-state index in [0.717, 1.165) is 71.5 Å². The van der Waals surface area contributed by atoms with Gasteiger partial charge in [-0.15, -0.1) is 10.2 Å². The van der Waals surface area contributed by atoms with Crippen molar-refractivity contribution in [1.82, 2.24) is 36.2 Å². The Balaban J connectivity index is 1.19. The summed E-state index contributed by atoms with van der Waals surface area (Å²) in [7, 11) is 1.92. The van der Waals surface area contributed by atoms with Crippen molar-refractivity contribution in [3.63, 3.8) is 0 Å². The van der Waals surface area contributed by atoms with Crippen molar-refractivity contribution < 1.29 is 9.53 Å². The van der Waals surface area contributed by atoms with Crippen LogP contribution in [-0.2, 0) is 4.74 Å². The number of anilines is 1. The molecule has 7 rings (SSSR count). The van der Waals surface area contributed by atoms with E-state index in [2.05, 4.69) is 60.6 Å². The lowest BCUT2D eigenvalue weighted by Crippen LogP contribution is -2.38. The summed E-state index contributed by atoms with van der Waals surface area (Å²) in [5, 5.41) is 19.3. The number of aromatic nitrogens is 3. The third-order valence-electron chi connectivity index (χ3n) is 7.84. The van der Waals surface area contributed by atoms with Gasteiger partial charge in [-0.05, 0) is 24.1 Å². The van der Waals surface area contributed by atoms with Crippen molar-refractivity contribution in [2.45, 2.75) is 13.8 Å². The number of nitrogens with one attached hydrogen (secondary N) is 3. The molecule has 0 radical (unpaired) electrons. The van der Waals surface area contributed by atoms with Gasteiger partial charge in [-0.2, -0.15) is 0 Å². The van der Waals surface area contributed by atoms with Crippen molar-refractivity contribution >= 4 is 29.0 Å². The van der Waals surface area contributed by atoms with Crippen LogP contribution >= 0.6 is 0 Å². The molecule has 4 aromatic rings. The lowest BCUT2D eigenvalue weighted by atomic mass is 10.1. The van der Waals surface area contributed by atoms with Gasteiger partial charge < -0.3 is 15.4 Å². The van der Waals surface area contributed by atoms with Crippen LogP contribution in [-0.4, -0.2) is 77.6 Å². The molecule has 0 aliphatic carbocycles. The largest absolute Gasteiger partial charge is 0.462 e. The van der Waals surface area contributed by atoms with Crippen LogP contribution < -0.4 is 21.1 Å². The monoisotopic (exact) mass is 616 g/mol. The van der Waals surface area contributed by atoms with Gasteiger partial charge in [-0.25, -0.2) is 9.48 Å². The summed E-state index contributed by atoms with van der Waals surface area (Å²) in [6.45, 7) is 7.67. The number of hydrazine groups is 2. The number of hydrogen-bond donors (Lipinski definition) is 3. The first kappa shape index (κ1) is 29.2. The summed E-state index contributed by atoms with van der Waals surface area (Å²) in [5.74, 6) is 1.66. The van der Waals surface area contributed by atoms with Crippen molar-refractivity contribution in [3.8, 4) is 16.9 Å². The molecule has 12 nitrogen and oxygen atoms in total. The standard InChI is InChI=1S/C34H36N10O2/c1-22(2)21-46-34(45)27-16-28(43-19-30(39-41-43)23-4-8-25(9-5-23)32-35-12-13-36-32)18-29(17-27)44-20-31(40-42(44)3)24-6-10-26(11-7-24)33-37-14-15-38-33/h4-11,16-20,22,40H,12-15,21H2,1-3H3,(H,35,36)(H,37,38). The number of hydrogen-bond acceptors (Lipinski definition) is 11. The predicted octanol–water partition coefficient (Wildman–Crippen LogP) is 3.62. The van der Waals surface area contributed by atoms with E-state index in [0.29, 0.717) is 23.6 Å². The molecular weight excluding hydrogens is 580 g/mol. The summed E-state index contributed by atoms with van der Waals surface area (Å²) >= 11 is 0. The van der Waals surface area contributed by atoms with Crippen LogP contribution in [0.2, 0.25) is 0 Å². The van der Waals surface area contributed by atoms with Crippen LogP contribution in [0.25, 0.3) is 22.6 Å². The van der Waals surface area contributed by atoms with Gasteiger partial charge in [0.25, 0.3) is 0 Å². The van der Waals surface area contributed by atoms with Gasteiger partial charge in [0.05, 0.1) is 48.5 Å². The van der Waals surface area contributed by atoms with Crippen molar-refractivity contribution in [3.05, 3.63) is 101 Å². The fraction of sp³-hybridized carbons (Fsp3) is 0.265. The van der Waals surface area contributed by atoms with E-state index < -0.39 is 5.97 Å². The van der Waals surface area contributed by atoms with E-state index in [-0.39, 0.29) is 5.92 Å². The van der Waals surface area contributed by atoms with Crippen LogP contribution in [0.5, 0.6) is 0 Å². The van der Waals surface area contributed by atoms with Crippen LogP contribution in [0.15, 0.2) is 89.1 Å². The quantitative estimate of drug-likeness (QED) is 0.242. The summed E-state index contributed by atoms with van der Waals surface area (Å²) in [6.07, 6.45) is 3.86. The Kier molecular flexibility index (Phi) is 7.93. The maximum atomic E-state index is 13.2. The maximum Gasteiger partial charge on any atom is 0.338 e. The number of rotatable bonds is 9. The fourth-order valence-electron chi connectivity index (χ4n) is 5.47. The molecule has 0 saturated carbocycles. The topological polar surface area (TPSA) is 124 Å². The first-order chi connectivity index (χ1) is 22.4. The number of carbonyl (C=O) groups is 1. The summed E-state index contributed by atoms with van der Waals surface area (Å²) < 4.78 is 7.30. The Hall–Kier alpha value is -5.49. The van der Waals surface area contributed by atoms with Gasteiger partial charge >= 0.3 is 5.97 Å². The predicted molar refractivity (Wildman–Crippen MR) is 179 cm³/mol. The number of amidine groups is 2. The summed E-state index contributed by atoms with van der Waals surface area (Å²) in [5.41, 5.74) is 10.9. The lowest BCUT2D eigenvalue weighted by Gasteiger charge is -2.25. The van der Waals surface area contributed by atoms with Crippen molar-refractivity contribution in [1.29, 1.82) is 0 Å². The van der Waals surface area contributed by atoms with Crippen LogP contribution in [0.3, 0.4) is 0 Å². The average molecular weight is 617 g/mol. The zero-order valence-electron chi connectivity index (χ0n) is 26.1. The van der Waals surface area contributed by atoms with Crippen molar-refractivity contribution in [2.24, 2.45) is 15.9 Å². The molecule has 0 atom stereocenters. The highest BCUT2D eigenvalue weighted by Gasteiger charge is 2.24. The number of esters is 1. The lowest BCUT2D eigenvalue weighted by molar-refractivity contribution is 0.0459. The molecule has 3 N–H and O–H groups in total. The van der Waals surface area contributed by atoms with Crippen LogP contribution in [0.1, 0.15) is 40.9 Å². The highest BCUT2D eigenvalue weighted by atomic mass is 16.5. The van der Waals surface area contributed by atoms with Gasteiger partial charge in [-0.1, -0.05) is 67.6 Å². The maximum absolute atomic E-state index is 13.2. The molecule has 3 aromatic carbocycles. The second kappa shape index (κ2) is 12.5. The van der Waals surface area contributed by atoms with Gasteiger partial charge in [-0.3, -0.25) is 20.4 Å². The Labute approximate surface area is 267 Å². The third-order valence-corrected chi connectivity index (χ3v) is 7.84. The zero-order valence-corrected chi connectivity index (χ0v) is 26.1. The second-order valence-electron chi connectivity index (χ2n) is 11.8. The molecular formula is C34H36N10O2. The minimum Gasteiger partial charge on any atom is -0.462 e. The molecule has 0 saturated heterocycles. The molecule has 3 aliphatic rings. The minimum absolute atomic E-state index is 0.217. The number of nitrogens with zero attached hydrogens (tertiary/aromatic N) is 7. The fourth-order valence-corrected chi connectivity index (χ4v) is 5.47. The molecule has 0 unspecified atom stereocenters. The second-order valence-corrected chi connectivity index (χ2v) is 11.8. The molecule has 3 aliphatic heterocycles. The first-order valence-corrected chi connectivity index (χ1v) is 15.5. The normalized spacial score (nSPS) is 16.1. The van der Waals surface area contributed by atoms with E-state index in [1.807, 2.05) is 79.8 Å². The van der Waals surface area contributed by atoms with Crippen LogP contribution in [0.4, 0.5) is 5.69 Å². The molecule has 1 aromatic heterocycles. The molecule has 234 valence electrons. The summed E-state index contributed by atoms with van der Waals surface area (Å²) in [4.78, 5) is 22.2. The van der Waals surface area contributed by atoms with E-state index in [4.69, 9.17) is 4.74 Å². The van der Waals surface area contributed by atoms with Gasteiger partial charge in [0.1, 0.15) is 17.4 Å². The van der Waals surface area contributed by atoms with Gasteiger partial charge in [0, 0.05) is 48.6 Å². The Morgan fingerprint density at radius 3 is 2.07 bits per heavy atom. The van der Waals surface area contributed by atoms with Crippen LogP contribution in [0, 0.1) is 5.92 Å². The van der Waals surface area contributed by atoms with Crippen molar-refractivity contribution in [2.75, 3.05) is 44.8 Å². The highest BCUT2D eigenvalue weighted by Crippen LogP contribution is 2.29. The van der Waals surface area contributed by atoms with E-state index >= 15 is 0 Å². The Morgan fingerprint density at radius 2 is 1.46 bits per heavy atom. The number of ether oxygens (including phenoxy) is 1. The third kappa shape index (κ3) is 6.07. The van der Waals surface area contributed by atoms with E-state index in [1.54, 1.807) is 10.7 Å². The molecule has 0 bridgehead atoms. The molecule has 0 amide bonds. The van der Waals surface area contributed by atoms with E-state index in [1.165, 1.54) is 0 Å². The molecule has 46 heavy (non-hydrogen) atoms. The van der Waals surface area contributed by atoms with E-state index in [9.17, 15) is 4.79 Å². The first-order valence-electron chi connectivity index (χ1n) is 15.5. The Morgan fingerprint density at radius 1 is 0.848 bits per heavy atom. The average Bonchev–Trinajstić information content (AvgIpc) is 3.91. The number of benzene rings is 3. The Bertz CT molecular complexity index is 1840. The molecule has 0 fully saturated rings. The zero-order chi connectivity index (χ0) is 31.6. The molecule has 4 heterocycles. The number of carbonyl (C=O) groups excluding carboxylic acids is 1. The smallest absolute Gasteiger partial charge is 0.338 e. The summed E-state index contributed by atoms with van der Waals surface area (Å²) in [6, 6.07) is 21.9.